The van der Waals surface area contributed by atoms with Crippen LogP contribution in [0.5, 0.6) is 0 Å². The van der Waals surface area contributed by atoms with Gasteiger partial charge in [0.15, 0.2) is 0 Å². The second-order valence-electron chi connectivity index (χ2n) is 1.86. The van der Waals surface area contributed by atoms with E-state index in [-0.39, 0.29) is 6.23 Å². The quantitative estimate of drug-likeness (QED) is 0.477. The lowest BCUT2D eigenvalue weighted by molar-refractivity contribution is 0.0503. The summed E-state index contributed by atoms with van der Waals surface area (Å²) < 4.78 is 5.00. The van der Waals surface area contributed by atoms with Gasteiger partial charge in [0.25, 0.3) is 0 Å². The molecule has 1 rings (SSSR count). The predicted octanol–water partition coefficient (Wildman–Crippen LogP) is -0.0674. The molecule has 1 atom stereocenters. The molecular formula is C5H10N2O. The summed E-state index contributed by atoms with van der Waals surface area (Å²) in [5.74, 6) is 0. The number of rotatable bonds is 1. The Bertz CT molecular complexity index is 103. The average Bonchev–Trinajstić information content (AvgIpc) is 2.14. The highest BCUT2D eigenvalue weighted by Crippen LogP contribution is 1.99. The fraction of sp³-hybridized carbons (Fsp3) is 0.800. The molecule has 1 aliphatic heterocycles. The van der Waals surface area contributed by atoms with Crippen LogP contribution in [0.3, 0.4) is 0 Å². The molecule has 3 heteroatoms. The van der Waals surface area contributed by atoms with Crippen molar-refractivity contribution in [3.05, 3.63) is 0 Å². The Labute approximate surface area is 49.0 Å². The number of hydrogen-bond donors (Lipinski definition) is 0. The lowest BCUT2D eigenvalue weighted by Crippen LogP contribution is -2.28. The second-order valence-corrected chi connectivity index (χ2v) is 1.86. The minimum Gasteiger partial charge on any atom is -0.361 e. The minimum atomic E-state index is 0.106. The second kappa shape index (κ2) is 2.24. The van der Waals surface area contributed by atoms with Gasteiger partial charge in [-0.2, -0.15) is 0 Å². The molecule has 1 unspecified atom stereocenters. The summed E-state index contributed by atoms with van der Waals surface area (Å²) in [5.41, 5.74) is 0. The molecule has 0 aromatic heterocycles. The van der Waals surface area contributed by atoms with Gasteiger partial charge in [0, 0.05) is 13.3 Å². The zero-order valence-corrected chi connectivity index (χ0v) is 5.16. The molecule has 3 nitrogen and oxygen atoms in total. The third-order valence-electron chi connectivity index (χ3n) is 1.21. The molecule has 46 valence electrons. The van der Waals surface area contributed by atoms with Gasteiger partial charge in [0.05, 0.1) is 6.67 Å². The van der Waals surface area contributed by atoms with Gasteiger partial charge in [-0.1, -0.05) is 0 Å². The van der Waals surface area contributed by atoms with Crippen LogP contribution in [0, 0.1) is 0 Å². The van der Waals surface area contributed by atoms with Crippen molar-refractivity contribution < 1.29 is 4.74 Å². The van der Waals surface area contributed by atoms with Crippen LogP contribution >= 0.6 is 0 Å². The molecule has 1 aliphatic rings. The fourth-order valence-electron chi connectivity index (χ4n) is 0.701. The monoisotopic (exact) mass is 114 g/mol. The topological polar surface area (TPSA) is 24.8 Å². The van der Waals surface area contributed by atoms with Crippen molar-refractivity contribution in [2.24, 2.45) is 4.99 Å². The third-order valence-corrected chi connectivity index (χ3v) is 1.21. The van der Waals surface area contributed by atoms with E-state index in [9.17, 15) is 0 Å². The molecule has 0 aromatic carbocycles. The normalized spacial score (nSPS) is 29.5. The van der Waals surface area contributed by atoms with Gasteiger partial charge in [-0.05, 0) is 7.05 Å². The zero-order chi connectivity index (χ0) is 5.98. The first-order chi connectivity index (χ1) is 3.84. The lowest BCUT2D eigenvalue weighted by atomic mass is 10.6. The SMILES string of the molecule is COC1C=NCN1C. The molecule has 0 bridgehead atoms. The van der Waals surface area contributed by atoms with Crippen LogP contribution in [0.25, 0.3) is 0 Å². The Morgan fingerprint density at radius 1 is 1.88 bits per heavy atom. The molecule has 0 fully saturated rings. The minimum absolute atomic E-state index is 0.106. The Kier molecular flexibility index (Phi) is 1.60. The van der Waals surface area contributed by atoms with Gasteiger partial charge in [-0.15, -0.1) is 0 Å². The first kappa shape index (κ1) is 5.72. The zero-order valence-electron chi connectivity index (χ0n) is 5.16. The summed E-state index contributed by atoms with van der Waals surface area (Å²) in [6.45, 7) is 0.762. The van der Waals surface area contributed by atoms with Crippen LogP contribution in [-0.4, -0.2) is 38.2 Å². The summed E-state index contributed by atoms with van der Waals surface area (Å²) in [5, 5.41) is 0. The van der Waals surface area contributed by atoms with Crippen molar-refractivity contribution in [3.63, 3.8) is 0 Å². The van der Waals surface area contributed by atoms with Gasteiger partial charge in [-0.3, -0.25) is 9.89 Å². The van der Waals surface area contributed by atoms with E-state index >= 15 is 0 Å². The van der Waals surface area contributed by atoms with E-state index in [2.05, 4.69) is 4.99 Å². The first-order valence-corrected chi connectivity index (χ1v) is 2.57. The maximum absolute atomic E-state index is 5.00. The summed E-state index contributed by atoms with van der Waals surface area (Å²) in [7, 11) is 3.65. The van der Waals surface area contributed by atoms with Crippen molar-refractivity contribution in [3.8, 4) is 0 Å². The van der Waals surface area contributed by atoms with Gasteiger partial charge in [0.1, 0.15) is 6.23 Å². The van der Waals surface area contributed by atoms with Crippen LogP contribution in [0.15, 0.2) is 4.99 Å². The Morgan fingerprint density at radius 2 is 2.62 bits per heavy atom. The van der Waals surface area contributed by atoms with Crippen molar-refractivity contribution in [1.29, 1.82) is 0 Å². The fourth-order valence-corrected chi connectivity index (χ4v) is 0.701. The summed E-state index contributed by atoms with van der Waals surface area (Å²) >= 11 is 0. The van der Waals surface area contributed by atoms with E-state index in [1.54, 1.807) is 13.3 Å². The number of nitrogens with zero attached hydrogens (tertiary/aromatic N) is 2. The van der Waals surface area contributed by atoms with E-state index in [0.29, 0.717) is 0 Å². The maximum Gasteiger partial charge on any atom is 0.147 e. The molecule has 0 aromatic rings. The molecule has 0 amide bonds. The van der Waals surface area contributed by atoms with Crippen molar-refractivity contribution >= 4 is 6.21 Å². The Morgan fingerprint density at radius 3 is 2.88 bits per heavy atom. The van der Waals surface area contributed by atoms with E-state index in [1.807, 2.05) is 11.9 Å². The Hall–Kier alpha value is -0.410. The summed E-state index contributed by atoms with van der Waals surface area (Å²) in [6, 6.07) is 0. The molecule has 0 saturated carbocycles. The third kappa shape index (κ3) is 0.877. The molecule has 0 aliphatic carbocycles. The van der Waals surface area contributed by atoms with E-state index in [0.717, 1.165) is 6.67 Å². The highest BCUT2D eigenvalue weighted by Gasteiger charge is 2.13. The standard InChI is InChI=1S/C5H10N2O/c1-7-4-6-3-5(7)8-2/h3,5H,4H2,1-2H3. The average molecular weight is 114 g/mol. The molecular weight excluding hydrogens is 104 g/mol. The van der Waals surface area contributed by atoms with Crippen LogP contribution in [0.2, 0.25) is 0 Å². The number of ether oxygens (including phenoxy) is 1. The largest absolute Gasteiger partial charge is 0.361 e. The van der Waals surface area contributed by atoms with Crippen molar-refractivity contribution in [2.45, 2.75) is 6.23 Å². The van der Waals surface area contributed by atoms with Gasteiger partial charge in [0.2, 0.25) is 0 Å². The predicted molar refractivity (Wildman–Crippen MR) is 31.9 cm³/mol. The molecule has 0 spiro atoms. The molecule has 8 heavy (non-hydrogen) atoms. The van der Waals surface area contributed by atoms with E-state index in [1.165, 1.54) is 0 Å². The highest BCUT2D eigenvalue weighted by molar-refractivity contribution is 5.64. The molecule has 0 radical (unpaired) electrons. The molecule has 0 N–H and O–H groups in total. The Balaban J connectivity index is 2.41. The summed E-state index contributed by atoms with van der Waals surface area (Å²) in [6.07, 6.45) is 1.91. The van der Waals surface area contributed by atoms with Gasteiger partial charge < -0.3 is 4.74 Å². The number of methoxy groups -OCH3 is 1. The van der Waals surface area contributed by atoms with Crippen LogP contribution < -0.4 is 0 Å². The number of aliphatic imine (C=N–C) groups is 1. The van der Waals surface area contributed by atoms with E-state index in [4.69, 9.17) is 4.74 Å². The maximum atomic E-state index is 5.00. The highest BCUT2D eigenvalue weighted by atomic mass is 16.5. The lowest BCUT2D eigenvalue weighted by Gasteiger charge is -2.13. The van der Waals surface area contributed by atoms with Crippen LogP contribution in [0.4, 0.5) is 0 Å². The van der Waals surface area contributed by atoms with Gasteiger partial charge >= 0.3 is 0 Å². The van der Waals surface area contributed by atoms with Crippen LogP contribution in [-0.2, 0) is 4.74 Å². The number of hydrogen-bond acceptors (Lipinski definition) is 3. The van der Waals surface area contributed by atoms with Crippen molar-refractivity contribution in [1.82, 2.24) is 4.90 Å². The van der Waals surface area contributed by atoms with E-state index < -0.39 is 0 Å². The smallest absolute Gasteiger partial charge is 0.147 e. The van der Waals surface area contributed by atoms with Gasteiger partial charge in [-0.25, -0.2) is 0 Å². The summed E-state index contributed by atoms with van der Waals surface area (Å²) in [4.78, 5) is 6.01. The first-order valence-electron chi connectivity index (χ1n) is 2.57. The molecule has 1 heterocycles. The van der Waals surface area contributed by atoms with Crippen molar-refractivity contribution in [2.75, 3.05) is 20.8 Å². The van der Waals surface area contributed by atoms with Crippen LogP contribution in [0.1, 0.15) is 0 Å². The molecule has 0 saturated heterocycles.